The molecular formula is C14H20N2O. The average molecular weight is 232 g/mol. The molecule has 3 nitrogen and oxygen atoms in total. The van der Waals surface area contributed by atoms with Crippen molar-refractivity contribution in [2.75, 3.05) is 0 Å². The monoisotopic (exact) mass is 232 g/mol. The number of nitrogens with one attached hydrogen (secondary N) is 1. The van der Waals surface area contributed by atoms with Gasteiger partial charge in [0, 0.05) is 24.9 Å². The summed E-state index contributed by atoms with van der Waals surface area (Å²) in [6, 6.07) is 4.33. The molecule has 1 aliphatic carbocycles. The van der Waals surface area contributed by atoms with E-state index in [-0.39, 0.29) is 5.91 Å². The molecule has 1 aromatic heterocycles. The van der Waals surface area contributed by atoms with E-state index in [4.69, 9.17) is 0 Å². The van der Waals surface area contributed by atoms with Crippen LogP contribution in [0, 0.1) is 5.92 Å². The molecule has 1 amide bonds. The molecule has 0 saturated heterocycles. The van der Waals surface area contributed by atoms with Crippen LogP contribution in [0.1, 0.15) is 38.2 Å². The smallest absolute Gasteiger partial charge is 0.220 e. The maximum Gasteiger partial charge on any atom is 0.220 e. The lowest BCUT2D eigenvalue weighted by Crippen LogP contribution is -2.32. The van der Waals surface area contributed by atoms with Gasteiger partial charge in [-0.2, -0.15) is 0 Å². The zero-order valence-electron chi connectivity index (χ0n) is 10.4. The second-order valence-electron chi connectivity index (χ2n) is 5.04. The van der Waals surface area contributed by atoms with Gasteiger partial charge in [-0.3, -0.25) is 9.78 Å². The maximum absolute atomic E-state index is 11.7. The standard InChI is InChI=1S/C14H20N2O/c1-11-4-6-13(9-11)16-14(17)7-5-12-3-2-8-15-10-12/h2-3,8,10-11,13H,4-7,9H2,1H3,(H,16,17). The summed E-state index contributed by atoms with van der Waals surface area (Å²) in [5.74, 6) is 0.937. The quantitative estimate of drug-likeness (QED) is 0.865. The van der Waals surface area contributed by atoms with Crippen molar-refractivity contribution in [2.45, 2.75) is 45.1 Å². The van der Waals surface area contributed by atoms with Crippen LogP contribution in [0.2, 0.25) is 0 Å². The second-order valence-corrected chi connectivity index (χ2v) is 5.04. The predicted octanol–water partition coefficient (Wildman–Crippen LogP) is 2.32. The van der Waals surface area contributed by atoms with E-state index in [1.807, 2.05) is 18.3 Å². The Kier molecular flexibility index (Phi) is 4.13. The van der Waals surface area contributed by atoms with Gasteiger partial charge in [-0.15, -0.1) is 0 Å². The molecule has 2 atom stereocenters. The lowest BCUT2D eigenvalue weighted by molar-refractivity contribution is -0.121. The number of carbonyl (C=O) groups excluding carboxylic acids is 1. The Labute approximate surface area is 103 Å². The Balaban J connectivity index is 1.71. The molecule has 0 spiro atoms. The minimum absolute atomic E-state index is 0.174. The Hall–Kier alpha value is -1.38. The van der Waals surface area contributed by atoms with Crippen molar-refractivity contribution in [1.29, 1.82) is 0 Å². The third kappa shape index (κ3) is 3.84. The largest absolute Gasteiger partial charge is 0.353 e. The number of hydrogen-bond donors (Lipinski definition) is 1. The van der Waals surface area contributed by atoms with Crippen molar-refractivity contribution in [3.8, 4) is 0 Å². The van der Waals surface area contributed by atoms with Crippen LogP contribution in [-0.2, 0) is 11.2 Å². The number of hydrogen-bond acceptors (Lipinski definition) is 2. The van der Waals surface area contributed by atoms with Crippen molar-refractivity contribution >= 4 is 5.91 Å². The van der Waals surface area contributed by atoms with Gasteiger partial charge in [0.2, 0.25) is 5.91 Å². The van der Waals surface area contributed by atoms with Crippen molar-refractivity contribution in [2.24, 2.45) is 5.92 Å². The van der Waals surface area contributed by atoms with Crippen LogP contribution in [0.4, 0.5) is 0 Å². The van der Waals surface area contributed by atoms with Crippen molar-refractivity contribution < 1.29 is 4.79 Å². The highest BCUT2D eigenvalue weighted by molar-refractivity contribution is 5.76. The molecule has 1 N–H and O–H groups in total. The van der Waals surface area contributed by atoms with Gasteiger partial charge in [0.1, 0.15) is 0 Å². The lowest BCUT2D eigenvalue weighted by Gasteiger charge is -2.12. The fourth-order valence-corrected chi connectivity index (χ4v) is 2.44. The normalized spacial score (nSPS) is 23.6. The molecule has 1 fully saturated rings. The molecule has 1 heterocycles. The third-order valence-corrected chi connectivity index (χ3v) is 3.42. The summed E-state index contributed by atoms with van der Waals surface area (Å²) < 4.78 is 0. The minimum atomic E-state index is 0.174. The molecule has 1 aromatic rings. The Bertz CT molecular complexity index is 364. The minimum Gasteiger partial charge on any atom is -0.353 e. The summed E-state index contributed by atoms with van der Waals surface area (Å²) >= 11 is 0. The van der Waals surface area contributed by atoms with Gasteiger partial charge < -0.3 is 5.32 Å². The van der Waals surface area contributed by atoms with Crippen LogP contribution in [0.3, 0.4) is 0 Å². The maximum atomic E-state index is 11.7. The molecule has 0 aliphatic heterocycles. The van der Waals surface area contributed by atoms with E-state index in [1.165, 1.54) is 6.42 Å². The van der Waals surface area contributed by atoms with E-state index in [0.717, 1.165) is 30.7 Å². The van der Waals surface area contributed by atoms with Crippen LogP contribution in [0.5, 0.6) is 0 Å². The zero-order valence-corrected chi connectivity index (χ0v) is 10.4. The summed E-state index contributed by atoms with van der Waals surface area (Å²) in [6.07, 6.45) is 8.44. The van der Waals surface area contributed by atoms with Gasteiger partial charge in [0.25, 0.3) is 0 Å². The van der Waals surface area contributed by atoms with E-state index in [0.29, 0.717) is 12.5 Å². The molecule has 2 unspecified atom stereocenters. The number of carbonyl (C=O) groups is 1. The van der Waals surface area contributed by atoms with Crippen molar-refractivity contribution in [1.82, 2.24) is 10.3 Å². The van der Waals surface area contributed by atoms with Crippen molar-refractivity contribution in [3.63, 3.8) is 0 Å². The summed E-state index contributed by atoms with van der Waals surface area (Å²) in [7, 11) is 0. The van der Waals surface area contributed by atoms with Crippen LogP contribution < -0.4 is 5.32 Å². The summed E-state index contributed by atoms with van der Waals surface area (Å²) in [4.78, 5) is 15.8. The highest BCUT2D eigenvalue weighted by Gasteiger charge is 2.22. The number of amides is 1. The van der Waals surface area contributed by atoms with E-state index in [1.54, 1.807) is 6.20 Å². The Morgan fingerprint density at radius 3 is 3.06 bits per heavy atom. The van der Waals surface area contributed by atoms with Gasteiger partial charge in [-0.1, -0.05) is 13.0 Å². The number of pyridine rings is 1. The summed E-state index contributed by atoms with van der Waals surface area (Å²) in [5, 5.41) is 3.12. The highest BCUT2D eigenvalue weighted by atomic mass is 16.1. The first-order chi connectivity index (χ1) is 8.24. The van der Waals surface area contributed by atoms with Gasteiger partial charge in [0.15, 0.2) is 0 Å². The number of aryl methyl sites for hydroxylation is 1. The molecule has 3 heteroatoms. The molecule has 1 aliphatic rings. The topological polar surface area (TPSA) is 42.0 Å². The molecular weight excluding hydrogens is 212 g/mol. The molecule has 92 valence electrons. The lowest BCUT2D eigenvalue weighted by atomic mass is 10.1. The Morgan fingerprint density at radius 2 is 2.41 bits per heavy atom. The first kappa shape index (κ1) is 12.1. The fourth-order valence-electron chi connectivity index (χ4n) is 2.44. The molecule has 17 heavy (non-hydrogen) atoms. The zero-order chi connectivity index (χ0) is 12.1. The van der Waals surface area contributed by atoms with Crippen LogP contribution in [-0.4, -0.2) is 16.9 Å². The van der Waals surface area contributed by atoms with E-state index >= 15 is 0 Å². The van der Waals surface area contributed by atoms with Gasteiger partial charge in [0.05, 0.1) is 0 Å². The number of aromatic nitrogens is 1. The molecule has 0 aromatic carbocycles. The van der Waals surface area contributed by atoms with Crippen LogP contribution in [0.25, 0.3) is 0 Å². The van der Waals surface area contributed by atoms with Gasteiger partial charge in [-0.25, -0.2) is 0 Å². The first-order valence-electron chi connectivity index (χ1n) is 6.42. The molecule has 0 radical (unpaired) electrons. The molecule has 0 bridgehead atoms. The first-order valence-corrected chi connectivity index (χ1v) is 6.42. The van der Waals surface area contributed by atoms with E-state index in [9.17, 15) is 4.79 Å². The fraction of sp³-hybridized carbons (Fsp3) is 0.571. The van der Waals surface area contributed by atoms with Crippen molar-refractivity contribution in [3.05, 3.63) is 30.1 Å². The van der Waals surface area contributed by atoms with Gasteiger partial charge in [-0.05, 0) is 43.2 Å². The van der Waals surface area contributed by atoms with Crippen LogP contribution >= 0.6 is 0 Å². The second kappa shape index (κ2) is 5.80. The average Bonchev–Trinajstić information content (AvgIpc) is 2.73. The van der Waals surface area contributed by atoms with Gasteiger partial charge >= 0.3 is 0 Å². The number of nitrogens with zero attached hydrogens (tertiary/aromatic N) is 1. The third-order valence-electron chi connectivity index (χ3n) is 3.42. The summed E-state index contributed by atoms with van der Waals surface area (Å²) in [6.45, 7) is 2.25. The number of rotatable bonds is 4. The van der Waals surface area contributed by atoms with E-state index < -0.39 is 0 Å². The van der Waals surface area contributed by atoms with E-state index in [2.05, 4.69) is 17.2 Å². The SMILES string of the molecule is CC1CCC(NC(=O)CCc2cccnc2)C1. The van der Waals surface area contributed by atoms with Crippen LogP contribution in [0.15, 0.2) is 24.5 Å². The molecule has 2 rings (SSSR count). The summed E-state index contributed by atoms with van der Waals surface area (Å²) in [5.41, 5.74) is 1.13. The predicted molar refractivity (Wildman–Crippen MR) is 67.5 cm³/mol. The Morgan fingerprint density at radius 1 is 1.53 bits per heavy atom. The molecule has 1 saturated carbocycles. The highest BCUT2D eigenvalue weighted by Crippen LogP contribution is 2.24.